The van der Waals surface area contributed by atoms with E-state index in [1.807, 2.05) is 6.07 Å². The standard InChI is InChI=1S/C11H12Cl2N2O/c12-8-4-7-2-1-3-15(10(16)6-14)11(7)9(13)5-8/h4-5H,1-3,6,14H2. The van der Waals surface area contributed by atoms with Crippen LogP contribution in [0.1, 0.15) is 12.0 Å². The average Bonchev–Trinajstić information content (AvgIpc) is 2.26. The molecule has 1 amide bonds. The number of rotatable bonds is 1. The second-order valence-electron chi connectivity index (χ2n) is 3.75. The van der Waals surface area contributed by atoms with E-state index in [2.05, 4.69) is 0 Å². The molecule has 0 atom stereocenters. The number of amides is 1. The monoisotopic (exact) mass is 258 g/mol. The van der Waals surface area contributed by atoms with E-state index in [0.717, 1.165) is 24.1 Å². The van der Waals surface area contributed by atoms with Crippen LogP contribution in [0, 0.1) is 0 Å². The van der Waals surface area contributed by atoms with Crippen molar-refractivity contribution in [1.82, 2.24) is 0 Å². The predicted octanol–water partition coefficient (Wildman–Crippen LogP) is 2.23. The van der Waals surface area contributed by atoms with Crippen molar-refractivity contribution in [3.8, 4) is 0 Å². The van der Waals surface area contributed by atoms with Gasteiger partial charge in [0, 0.05) is 11.6 Å². The lowest BCUT2D eigenvalue weighted by Crippen LogP contribution is -2.39. The van der Waals surface area contributed by atoms with Crippen LogP contribution in [0.4, 0.5) is 5.69 Å². The van der Waals surface area contributed by atoms with Crippen molar-refractivity contribution < 1.29 is 4.79 Å². The maximum absolute atomic E-state index is 11.7. The summed E-state index contributed by atoms with van der Waals surface area (Å²) < 4.78 is 0. The van der Waals surface area contributed by atoms with E-state index in [4.69, 9.17) is 28.9 Å². The summed E-state index contributed by atoms with van der Waals surface area (Å²) in [5, 5.41) is 1.12. The largest absolute Gasteiger partial charge is 0.322 e. The molecule has 1 aromatic rings. The first-order valence-corrected chi connectivity index (χ1v) is 5.87. The summed E-state index contributed by atoms with van der Waals surface area (Å²) in [4.78, 5) is 13.3. The van der Waals surface area contributed by atoms with Gasteiger partial charge in [-0.05, 0) is 30.5 Å². The number of hydrogen-bond acceptors (Lipinski definition) is 2. The van der Waals surface area contributed by atoms with Gasteiger partial charge in [0.2, 0.25) is 5.91 Å². The normalized spacial score (nSPS) is 14.8. The Labute approximate surface area is 104 Å². The van der Waals surface area contributed by atoms with Crippen LogP contribution in [0.2, 0.25) is 10.0 Å². The molecule has 0 aliphatic carbocycles. The first kappa shape index (κ1) is 11.7. The minimum absolute atomic E-state index is 0.00159. The van der Waals surface area contributed by atoms with E-state index in [9.17, 15) is 4.79 Å². The van der Waals surface area contributed by atoms with E-state index in [-0.39, 0.29) is 12.5 Å². The Morgan fingerprint density at radius 3 is 2.88 bits per heavy atom. The topological polar surface area (TPSA) is 46.3 Å². The number of nitrogens with two attached hydrogens (primary N) is 1. The summed E-state index contributed by atoms with van der Waals surface area (Å²) >= 11 is 12.1. The van der Waals surface area contributed by atoms with Crippen LogP contribution >= 0.6 is 23.2 Å². The van der Waals surface area contributed by atoms with Gasteiger partial charge in [-0.1, -0.05) is 23.2 Å². The molecular formula is C11H12Cl2N2O. The molecule has 16 heavy (non-hydrogen) atoms. The number of aryl methyl sites for hydroxylation is 1. The molecule has 0 saturated carbocycles. The fourth-order valence-corrected chi connectivity index (χ4v) is 2.65. The van der Waals surface area contributed by atoms with Crippen molar-refractivity contribution in [3.05, 3.63) is 27.7 Å². The minimum Gasteiger partial charge on any atom is -0.322 e. The maximum Gasteiger partial charge on any atom is 0.240 e. The van der Waals surface area contributed by atoms with Crippen molar-refractivity contribution >= 4 is 34.8 Å². The second kappa shape index (κ2) is 4.62. The lowest BCUT2D eigenvalue weighted by molar-refractivity contribution is -0.117. The molecular weight excluding hydrogens is 247 g/mol. The fraction of sp³-hybridized carbons (Fsp3) is 0.364. The Morgan fingerprint density at radius 1 is 1.44 bits per heavy atom. The zero-order chi connectivity index (χ0) is 11.7. The molecule has 5 heteroatoms. The second-order valence-corrected chi connectivity index (χ2v) is 4.59. The van der Waals surface area contributed by atoms with Gasteiger partial charge in [0.25, 0.3) is 0 Å². The number of carbonyl (C=O) groups is 1. The Balaban J connectivity index is 2.49. The molecule has 0 radical (unpaired) electrons. The van der Waals surface area contributed by atoms with Gasteiger partial charge in [0.05, 0.1) is 17.3 Å². The fourth-order valence-electron chi connectivity index (χ4n) is 2.01. The number of anilines is 1. The maximum atomic E-state index is 11.7. The molecule has 86 valence electrons. The highest BCUT2D eigenvalue weighted by Crippen LogP contribution is 2.36. The van der Waals surface area contributed by atoms with Crippen LogP contribution in [-0.4, -0.2) is 19.0 Å². The summed E-state index contributed by atoms with van der Waals surface area (Å²) in [6, 6.07) is 3.52. The highest BCUT2D eigenvalue weighted by atomic mass is 35.5. The predicted molar refractivity (Wildman–Crippen MR) is 66.2 cm³/mol. The quantitative estimate of drug-likeness (QED) is 0.840. The molecule has 1 aromatic carbocycles. The summed E-state index contributed by atoms with van der Waals surface area (Å²) in [5.41, 5.74) is 7.17. The van der Waals surface area contributed by atoms with Gasteiger partial charge in [-0.2, -0.15) is 0 Å². The van der Waals surface area contributed by atoms with E-state index in [0.29, 0.717) is 16.6 Å². The van der Waals surface area contributed by atoms with E-state index in [1.54, 1.807) is 11.0 Å². The van der Waals surface area contributed by atoms with Gasteiger partial charge < -0.3 is 10.6 Å². The molecule has 3 nitrogen and oxygen atoms in total. The van der Waals surface area contributed by atoms with Gasteiger partial charge in [-0.15, -0.1) is 0 Å². The zero-order valence-corrected chi connectivity index (χ0v) is 10.2. The Hall–Kier alpha value is -0.770. The van der Waals surface area contributed by atoms with E-state index in [1.165, 1.54) is 0 Å². The van der Waals surface area contributed by atoms with E-state index >= 15 is 0 Å². The summed E-state index contributed by atoms with van der Waals surface area (Å²) in [5.74, 6) is -0.106. The third-order valence-corrected chi connectivity index (χ3v) is 3.19. The minimum atomic E-state index is -0.106. The number of carbonyl (C=O) groups excluding carboxylic acids is 1. The summed E-state index contributed by atoms with van der Waals surface area (Å²) in [6.07, 6.45) is 1.80. The van der Waals surface area contributed by atoms with Gasteiger partial charge in [0.1, 0.15) is 0 Å². The average molecular weight is 259 g/mol. The first-order valence-electron chi connectivity index (χ1n) is 5.12. The Kier molecular flexibility index (Phi) is 3.38. The van der Waals surface area contributed by atoms with E-state index < -0.39 is 0 Å². The molecule has 0 saturated heterocycles. The molecule has 0 unspecified atom stereocenters. The highest BCUT2D eigenvalue weighted by Gasteiger charge is 2.24. The van der Waals surface area contributed by atoms with Crippen molar-refractivity contribution in [3.63, 3.8) is 0 Å². The molecule has 2 rings (SSSR count). The van der Waals surface area contributed by atoms with Gasteiger partial charge >= 0.3 is 0 Å². The van der Waals surface area contributed by atoms with Crippen molar-refractivity contribution in [2.45, 2.75) is 12.8 Å². The number of halogens is 2. The zero-order valence-electron chi connectivity index (χ0n) is 8.67. The van der Waals surface area contributed by atoms with Gasteiger partial charge in [-0.25, -0.2) is 0 Å². The number of benzene rings is 1. The smallest absolute Gasteiger partial charge is 0.240 e. The third kappa shape index (κ3) is 2.03. The molecule has 1 aliphatic rings. The summed E-state index contributed by atoms with van der Waals surface area (Å²) in [7, 11) is 0. The summed E-state index contributed by atoms with van der Waals surface area (Å²) in [6.45, 7) is 0.669. The van der Waals surface area contributed by atoms with Crippen LogP contribution in [-0.2, 0) is 11.2 Å². The lowest BCUT2D eigenvalue weighted by Gasteiger charge is -2.30. The van der Waals surface area contributed by atoms with Crippen LogP contribution in [0.25, 0.3) is 0 Å². The molecule has 0 spiro atoms. The SMILES string of the molecule is NCC(=O)N1CCCc2cc(Cl)cc(Cl)c21. The van der Waals surface area contributed by atoms with Crippen LogP contribution in [0.15, 0.2) is 12.1 Å². The molecule has 0 fully saturated rings. The number of nitrogens with zero attached hydrogens (tertiary/aromatic N) is 1. The van der Waals surface area contributed by atoms with Gasteiger partial charge in [-0.3, -0.25) is 4.79 Å². The van der Waals surface area contributed by atoms with Crippen LogP contribution in [0.5, 0.6) is 0 Å². The van der Waals surface area contributed by atoms with Crippen molar-refractivity contribution in [2.24, 2.45) is 5.73 Å². The highest BCUT2D eigenvalue weighted by molar-refractivity contribution is 6.37. The third-order valence-electron chi connectivity index (χ3n) is 2.68. The molecule has 1 heterocycles. The van der Waals surface area contributed by atoms with Crippen LogP contribution < -0.4 is 10.6 Å². The van der Waals surface area contributed by atoms with Gasteiger partial charge in [0.15, 0.2) is 0 Å². The molecule has 1 aliphatic heterocycles. The number of hydrogen-bond donors (Lipinski definition) is 1. The van der Waals surface area contributed by atoms with Crippen molar-refractivity contribution in [1.29, 1.82) is 0 Å². The lowest BCUT2D eigenvalue weighted by atomic mass is 10.0. The molecule has 0 aromatic heterocycles. The van der Waals surface area contributed by atoms with Crippen molar-refractivity contribution in [2.75, 3.05) is 18.0 Å². The molecule has 0 bridgehead atoms. The molecule has 2 N–H and O–H groups in total. The first-order chi connectivity index (χ1) is 7.63. The Bertz CT molecular complexity index is 434. The number of fused-ring (bicyclic) bond motifs is 1. The Morgan fingerprint density at radius 2 is 2.19 bits per heavy atom. The van der Waals surface area contributed by atoms with Crippen LogP contribution in [0.3, 0.4) is 0 Å².